The Bertz CT molecular complexity index is 396. The average Bonchev–Trinajstić information content (AvgIpc) is 2.28. The molecule has 0 radical (unpaired) electrons. The van der Waals surface area contributed by atoms with Crippen LogP contribution in [0.2, 0.25) is 0 Å². The molecule has 2 N–H and O–H groups in total. The number of methoxy groups -OCH3 is 1. The van der Waals surface area contributed by atoms with Crippen molar-refractivity contribution < 1.29 is 9.53 Å². The largest absolute Gasteiger partial charge is 0.468 e. The van der Waals surface area contributed by atoms with Gasteiger partial charge >= 0.3 is 5.97 Å². The van der Waals surface area contributed by atoms with Crippen molar-refractivity contribution in [1.29, 1.82) is 5.26 Å². The summed E-state index contributed by atoms with van der Waals surface area (Å²) in [5.41, 5.74) is 6.90. The van der Waals surface area contributed by atoms with Gasteiger partial charge in [-0.3, -0.25) is 4.79 Å². The Kier molecular flexibility index (Phi) is 3.83. The molecule has 0 aliphatic rings. The predicted molar refractivity (Wildman–Crippen MR) is 54.9 cm³/mol. The lowest BCUT2D eigenvalue weighted by Gasteiger charge is -2.09. The summed E-state index contributed by atoms with van der Waals surface area (Å²) in [6.45, 7) is 0. The Balaban J connectivity index is 2.81. The van der Waals surface area contributed by atoms with Crippen LogP contribution in [0.3, 0.4) is 0 Å². The normalized spacial score (nSPS) is 11.5. The summed E-state index contributed by atoms with van der Waals surface area (Å²) >= 11 is 0. The highest BCUT2D eigenvalue weighted by Crippen LogP contribution is 2.09. The number of carbonyl (C=O) groups is 1. The van der Waals surface area contributed by atoms with Gasteiger partial charge in [-0.05, 0) is 18.1 Å². The van der Waals surface area contributed by atoms with Gasteiger partial charge in [-0.1, -0.05) is 18.2 Å². The van der Waals surface area contributed by atoms with Crippen molar-refractivity contribution in [2.75, 3.05) is 7.11 Å². The number of nitrogens with two attached hydrogens (primary N) is 1. The SMILES string of the molecule is COC(=O)C(N)Cc1ccccc1C#N. The zero-order valence-electron chi connectivity index (χ0n) is 8.43. The number of nitriles is 1. The maximum Gasteiger partial charge on any atom is 0.322 e. The molecule has 1 rings (SSSR count). The minimum absolute atomic E-state index is 0.316. The van der Waals surface area contributed by atoms with Crippen LogP contribution in [-0.4, -0.2) is 19.1 Å². The van der Waals surface area contributed by atoms with E-state index in [0.29, 0.717) is 12.0 Å². The van der Waals surface area contributed by atoms with Crippen molar-refractivity contribution in [2.45, 2.75) is 12.5 Å². The van der Waals surface area contributed by atoms with E-state index in [1.165, 1.54) is 7.11 Å². The third-order valence-corrected chi connectivity index (χ3v) is 2.08. The second kappa shape index (κ2) is 5.13. The quantitative estimate of drug-likeness (QED) is 0.731. The van der Waals surface area contributed by atoms with Crippen LogP contribution in [0.4, 0.5) is 0 Å². The number of hydrogen-bond acceptors (Lipinski definition) is 4. The van der Waals surface area contributed by atoms with Gasteiger partial charge in [0.1, 0.15) is 6.04 Å². The number of ether oxygens (including phenoxy) is 1. The van der Waals surface area contributed by atoms with Crippen molar-refractivity contribution >= 4 is 5.97 Å². The molecule has 1 aromatic carbocycles. The first kappa shape index (κ1) is 11.2. The van der Waals surface area contributed by atoms with E-state index in [2.05, 4.69) is 10.8 Å². The summed E-state index contributed by atoms with van der Waals surface area (Å²) in [7, 11) is 1.29. The molecule has 0 aliphatic heterocycles. The zero-order valence-corrected chi connectivity index (χ0v) is 8.43. The minimum Gasteiger partial charge on any atom is -0.468 e. The van der Waals surface area contributed by atoms with E-state index in [1.54, 1.807) is 24.3 Å². The number of benzene rings is 1. The third kappa shape index (κ3) is 2.79. The maximum absolute atomic E-state index is 11.1. The van der Waals surface area contributed by atoms with Crippen LogP contribution < -0.4 is 5.73 Å². The number of nitrogens with zero attached hydrogens (tertiary/aromatic N) is 1. The fraction of sp³-hybridized carbons (Fsp3) is 0.273. The first-order valence-electron chi connectivity index (χ1n) is 4.50. The van der Waals surface area contributed by atoms with Crippen LogP contribution in [0.1, 0.15) is 11.1 Å². The van der Waals surface area contributed by atoms with Gasteiger partial charge in [0.05, 0.1) is 18.7 Å². The first-order chi connectivity index (χ1) is 7.19. The zero-order chi connectivity index (χ0) is 11.3. The summed E-state index contributed by atoms with van der Waals surface area (Å²) < 4.78 is 4.51. The standard InChI is InChI=1S/C11H12N2O2/c1-15-11(14)10(13)6-8-4-2-3-5-9(8)7-12/h2-5,10H,6,13H2,1H3. The highest BCUT2D eigenvalue weighted by molar-refractivity contribution is 5.75. The highest BCUT2D eigenvalue weighted by atomic mass is 16.5. The molecule has 0 heterocycles. The lowest BCUT2D eigenvalue weighted by atomic mass is 10.0. The molecule has 0 saturated carbocycles. The number of hydrogen-bond donors (Lipinski definition) is 1. The Hall–Kier alpha value is -1.86. The summed E-state index contributed by atoms with van der Waals surface area (Å²) in [4.78, 5) is 11.1. The molecule has 15 heavy (non-hydrogen) atoms. The molecule has 1 aromatic rings. The fourth-order valence-corrected chi connectivity index (χ4v) is 1.28. The van der Waals surface area contributed by atoms with Crippen LogP contribution in [-0.2, 0) is 16.0 Å². The average molecular weight is 204 g/mol. The fourth-order valence-electron chi connectivity index (χ4n) is 1.28. The van der Waals surface area contributed by atoms with Crippen molar-refractivity contribution in [2.24, 2.45) is 5.73 Å². The smallest absolute Gasteiger partial charge is 0.322 e. The molecule has 0 fully saturated rings. The number of esters is 1. The molecule has 0 bridgehead atoms. The highest BCUT2D eigenvalue weighted by Gasteiger charge is 2.15. The van der Waals surface area contributed by atoms with E-state index in [0.717, 1.165) is 5.56 Å². The lowest BCUT2D eigenvalue weighted by Crippen LogP contribution is -2.33. The van der Waals surface area contributed by atoms with Gasteiger partial charge in [-0.15, -0.1) is 0 Å². The van der Waals surface area contributed by atoms with E-state index in [-0.39, 0.29) is 0 Å². The molecule has 78 valence electrons. The summed E-state index contributed by atoms with van der Waals surface area (Å²) in [6, 6.07) is 8.38. The van der Waals surface area contributed by atoms with Gasteiger partial charge in [-0.25, -0.2) is 0 Å². The number of rotatable bonds is 3. The molecule has 1 unspecified atom stereocenters. The van der Waals surface area contributed by atoms with Gasteiger partial charge in [-0.2, -0.15) is 5.26 Å². The Labute approximate surface area is 88.3 Å². The second-order valence-corrected chi connectivity index (χ2v) is 3.10. The maximum atomic E-state index is 11.1. The first-order valence-corrected chi connectivity index (χ1v) is 4.50. The Morgan fingerprint density at radius 3 is 2.87 bits per heavy atom. The van der Waals surface area contributed by atoms with E-state index in [4.69, 9.17) is 11.0 Å². The Morgan fingerprint density at radius 1 is 1.60 bits per heavy atom. The lowest BCUT2D eigenvalue weighted by molar-refractivity contribution is -0.142. The van der Waals surface area contributed by atoms with Crippen molar-refractivity contribution in [3.63, 3.8) is 0 Å². The van der Waals surface area contributed by atoms with Crippen molar-refractivity contribution in [3.8, 4) is 6.07 Å². The molecule has 0 amide bonds. The topological polar surface area (TPSA) is 76.1 Å². The second-order valence-electron chi connectivity index (χ2n) is 3.10. The molecule has 0 aromatic heterocycles. The van der Waals surface area contributed by atoms with Gasteiger partial charge in [0.15, 0.2) is 0 Å². The molecule has 4 heteroatoms. The van der Waals surface area contributed by atoms with E-state index >= 15 is 0 Å². The van der Waals surface area contributed by atoms with E-state index in [9.17, 15) is 4.79 Å². The monoisotopic (exact) mass is 204 g/mol. The molecular weight excluding hydrogens is 192 g/mol. The van der Waals surface area contributed by atoms with Crippen molar-refractivity contribution in [3.05, 3.63) is 35.4 Å². The summed E-state index contributed by atoms with van der Waals surface area (Å²) in [5, 5.41) is 8.82. The van der Waals surface area contributed by atoms with Crippen LogP contribution in [0.5, 0.6) is 0 Å². The van der Waals surface area contributed by atoms with Gasteiger partial charge < -0.3 is 10.5 Å². The summed E-state index contributed by atoms with van der Waals surface area (Å²) in [6.07, 6.45) is 0.316. The van der Waals surface area contributed by atoms with Crippen LogP contribution in [0.15, 0.2) is 24.3 Å². The van der Waals surface area contributed by atoms with Crippen LogP contribution in [0, 0.1) is 11.3 Å². The van der Waals surface area contributed by atoms with E-state index in [1.807, 2.05) is 0 Å². The van der Waals surface area contributed by atoms with Crippen LogP contribution >= 0.6 is 0 Å². The molecule has 0 aliphatic carbocycles. The van der Waals surface area contributed by atoms with Gasteiger partial charge in [0.2, 0.25) is 0 Å². The minimum atomic E-state index is -0.718. The van der Waals surface area contributed by atoms with Crippen molar-refractivity contribution in [1.82, 2.24) is 0 Å². The molecule has 0 spiro atoms. The summed E-state index contributed by atoms with van der Waals surface area (Å²) in [5.74, 6) is -0.470. The molecule has 1 atom stereocenters. The van der Waals surface area contributed by atoms with Gasteiger partial charge in [0, 0.05) is 0 Å². The van der Waals surface area contributed by atoms with Gasteiger partial charge in [0.25, 0.3) is 0 Å². The molecule has 4 nitrogen and oxygen atoms in total. The predicted octanol–water partition coefficient (Wildman–Crippen LogP) is 0.601. The number of carbonyl (C=O) groups excluding carboxylic acids is 1. The molecule has 0 saturated heterocycles. The third-order valence-electron chi connectivity index (χ3n) is 2.08. The van der Waals surface area contributed by atoms with Crippen LogP contribution in [0.25, 0.3) is 0 Å². The molecular formula is C11H12N2O2. The Morgan fingerprint density at radius 2 is 2.27 bits per heavy atom. The van der Waals surface area contributed by atoms with E-state index < -0.39 is 12.0 Å².